The number of carbonyl (C=O) groups excluding carboxylic acids is 1. The molecule has 0 spiro atoms. The van der Waals surface area contributed by atoms with Gasteiger partial charge >= 0.3 is 5.69 Å². The summed E-state index contributed by atoms with van der Waals surface area (Å²) in [6.07, 6.45) is 2.14. The molecule has 2 aromatic heterocycles. The van der Waals surface area contributed by atoms with E-state index in [1.807, 2.05) is 13.8 Å². The van der Waals surface area contributed by atoms with Gasteiger partial charge in [0.15, 0.2) is 0 Å². The van der Waals surface area contributed by atoms with Crippen molar-refractivity contribution in [1.82, 2.24) is 19.4 Å². The van der Waals surface area contributed by atoms with Crippen LogP contribution in [0, 0.1) is 5.41 Å². The van der Waals surface area contributed by atoms with Gasteiger partial charge in [0.25, 0.3) is 11.5 Å². The number of nitrogens with one attached hydrogen (secondary N) is 1. The lowest BCUT2D eigenvalue weighted by atomic mass is 9.79. The highest BCUT2D eigenvalue weighted by molar-refractivity contribution is 5.96. The van der Waals surface area contributed by atoms with Gasteiger partial charge in [0.05, 0.1) is 10.9 Å². The van der Waals surface area contributed by atoms with Gasteiger partial charge in [0, 0.05) is 32.4 Å². The van der Waals surface area contributed by atoms with Crippen LogP contribution in [0.2, 0.25) is 0 Å². The Kier molecular flexibility index (Phi) is 3.79. The van der Waals surface area contributed by atoms with Crippen molar-refractivity contribution < 1.29 is 4.79 Å². The molecular formula is C16H21N5O3. The number of aryl methyl sites for hydroxylation is 1. The Morgan fingerprint density at radius 1 is 1.42 bits per heavy atom. The third-order valence-corrected chi connectivity index (χ3v) is 4.80. The standard InChI is InChI=1S/C16H21N5O3/c1-16(2)8-21(5-4-11(16)17)14(23)9-6-10-12(18-7-9)20(3)15(24)19-13(10)22/h6-7,11H,4-5,8,17H2,1-3H3,(H,19,22,24). The van der Waals surface area contributed by atoms with E-state index in [4.69, 9.17) is 5.73 Å². The topological polar surface area (TPSA) is 114 Å². The van der Waals surface area contributed by atoms with Crippen LogP contribution in [0.5, 0.6) is 0 Å². The van der Waals surface area contributed by atoms with Crippen molar-refractivity contribution in [2.24, 2.45) is 18.2 Å². The first-order valence-corrected chi connectivity index (χ1v) is 7.84. The molecule has 3 heterocycles. The number of aromatic nitrogens is 3. The minimum absolute atomic E-state index is 0.0497. The van der Waals surface area contributed by atoms with Gasteiger partial charge in [-0.3, -0.25) is 19.1 Å². The van der Waals surface area contributed by atoms with Crippen molar-refractivity contribution in [3.8, 4) is 0 Å². The third-order valence-electron chi connectivity index (χ3n) is 4.80. The third kappa shape index (κ3) is 2.62. The number of likely N-dealkylation sites (tertiary alicyclic amines) is 1. The number of carbonyl (C=O) groups is 1. The Hall–Kier alpha value is -2.48. The SMILES string of the molecule is Cn1c(=O)[nH]c(=O)c2cc(C(=O)N3CCC(N)C(C)(C)C3)cnc21. The van der Waals surface area contributed by atoms with E-state index in [0.29, 0.717) is 18.7 Å². The summed E-state index contributed by atoms with van der Waals surface area (Å²) in [5.74, 6) is -0.183. The highest BCUT2D eigenvalue weighted by Crippen LogP contribution is 2.28. The fourth-order valence-electron chi connectivity index (χ4n) is 3.08. The van der Waals surface area contributed by atoms with Crippen LogP contribution >= 0.6 is 0 Å². The fourth-order valence-corrected chi connectivity index (χ4v) is 3.08. The maximum atomic E-state index is 12.8. The molecule has 1 fully saturated rings. The van der Waals surface area contributed by atoms with Crippen molar-refractivity contribution >= 4 is 16.9 Å². The molecule has 0 radical (unpaired) electrons. The van der Waals surface area contributed by atoms with Gasteiger partial charge in [0.1, 0.15) is 5.65 Å². The van der Waals surface area contributed by atoms with Gasteiger partial charge in [0.2, 0.25) is 0 Å². The molecule has 8 heteroatoms. The number of pyridine rings is 1. The Bertz CT molecular complexity index is 927. The minimum atomic E-state index is -0.545. The zero-order chi connectivity index (χ0) is 17.6. The second kappa shape index (κ2) is 5.55. The molecule has 2 aromatic rings. The number of nitrogens with zero attached hydrogens (tertiary/aromatic N) is 3. The molecule has 1 amide bonds. The van der Waals surface area contributed by atoms with Crippen molar-refractivity contribution in [1.29, 1.82) is 0 Å². The van der Waals surface area contributed by atoms with Crippen LogP contribution in [-0.2, 0) is 7.05 Å². The molecule has 0 aliphatic carbocycles. The average molecular weight is 331 g/mol. The number of hydrogen-bond acceptors (Lipinski definition) is 5. The molecule has 128 valence electrons. The van der Waals surface area contributed by atoms with Gasteiger partial charge < -0.3 is 10.6 Å². The summed E-state index contributed by atoms with van der Waals surface area (Å²) in [5.41, 5.74) is 5.44. The molecule has 3 rings (SSSR count). The van der Waals surface area contributed by atoms with Crippen molar-refractivity contribution in [2.75, 3.05) is 13.1 Å². The van der Waals surface area contributed by atoms with E-state index in [1.165, 1.54) is 23.9 Å². The van der Waals surface area contributed by atoms with Crippen LogP contribution in [0.15, 0.2) is 21.9 Å². The van der Waals surface area contributed by atoms with E-state index in [2.05, 4.69) is 9.97 Å². The molecule has 0 aromatic carbocycles. The van der Waals surface area contributed by atoms with E-state index >= 15 is 0 Å². The maximum Gasteiger partial charge on any atom is 0.329 e. The van der Waals surface area contributed by atoms with Crippen LogP contribution in [0.25, 0.3) is 11.0 Å². The highest BCUT2D eigenvalue weighted by atomic mass is 16.2. The van der Waals surface area contributed by atoms with E-state index in [9.17, 15) is 14.4 Å². The first-order chi connectivity index (χ1) is 11.2. The molecule has 1 aliphatic heterocycles. The summed E-state index contributed by atoms with van der Waals surface area (Å²) < 4.78 is 1.24. The Balaban J connectivity index is 2.00. The first kappa shape index (κ1) is 16.4. The first-order valence-electron chi connectivity index (χ1n) is 7.84. The molecule has 0 saturated carbocycles. The lowest BCUT2D eigenvalue weighted by Crippen LogP contribution is -2.54. The largest absolute Gasteiger partial charge is 0.338 e. The van der Waals surface area contributed by atoms with Crippen LogP contribution in [0.1, 0.15) is 30.6 Å². The zero-order valence-corrected chi connectivity index (χ0v) is 14.0. The van der Waals surface area contributed by atoms with Crippen LogP contribution in [0.4, 0.5) is 0 Å². The number of amides is 1. The van der Waals surface area contributed by atoms with E-state index in [0.717, 1.165) is 6.42 Å². The molecule has 24 heavy (non-hydrogen) atoms. The molecule has 1 unspecified atom stereocenters. The van der Waals surface area contributed by atoms with E-state index in [1.54, 1.807) is 4.90 Å². The second-order valence-corrected chi connectivity index (χ2v) is 7.02. The molecular weight excluding hydrogens is 310 g/mol. The van der Waals surface area contributed by atoms with Gasteiger partial charge in [-0.25, -0.2) is 9.78 Å². The number of aromatic amines is 1. The Morgan fingerprint density at radius 2 is 2.12 bits per heavy atom. The second-order valence-electron chi connectivity index (χ2n) is 7.02. The number of piperidine rings is 1. The number of rotatable bonds is 1. The van der Waals surface area contributed by atoms with Crippen molar-refractivity contribution in [2.45, 2.75) is 26.3 Å². The summed E-state index contributed by atoms with van der Waals surface area (Å²) in [4.78, 5) is 44.5. The predicted octanol–water partition coefficient (Wildman–Crippen LogP) is -0.179. The predicted molar refractivity (Wildman–Crippen MR) is 89.9 cm³/mol. The summed E-state index contributed by atoms with van der Waals surface area (Å²) in [5, 5.41) is 0.218. The van der Waals surface area contributed by atoms with Crippen LogP contribution in [0.3, 0.4) is 0 Å². The fraction of sp³-hybridized carbons (Fsp3) is 0.500. The summed E-state index contributed by atoms with van der Waals surface area (Å²) >= 11 is 0. The molecule has 3 N–H and O–H groups in total. The smallest absolute Gasteiger partial charge is 0.329 e. The van der Waals surface area contributed by atoms with Crippen LogP contribution < -0.4 is 17.0 Å². The Morgan fingerprint density at radius 3 is 2.79 bits per heavy atom. The molecule has 1 atom stereocenters. The summed E-state index contributed by atoms with van der Waals surface area (Å²) in [7, 11) is 1.52. The van der Waals surface area contributed by atoms with E-state index in [-0.39, 0.29) is 28.4 Å². The molecule has 1 saturated heterocycles. The van der Waals surface area contributed by atoms with Gasteiger partial charge in [-0.15, -0.1) is 0 Å². The number of H-pyrrole nitrogens is 1. The van der Waals surface area contributed by atoms with Gasteiger partial charge in [-0.05, 0) is 17.9 Å². The quantitative estimate of drug-likeness (QED) is 0.752. The van der Waals surface area contributed by atoms with E-state index < -0.39 is 11.2 Å². The number of hydrogen-bond donors (Lipinski definition) is 2. The van der Waals surface area contributed by atoms with Crippen molar-refractivity contribution in [3.63, 3.8) is 0 Å². The number of nitrogens with two attached hydrogens (primary N) is 1. The average Bonchev–Trinajstić information content (AvgIpc) is 2.54. The normalized spacial score (nSPS) is 20.3. The van der Waals surface area contributed by atoms with Crippen molar-refractivity contribution in [3.05, 3.63) is 38.7 Å². The maximum absolute atomic E-state index is 12.8. The van der Waals surface area contributed by atoms with Gasteiger partial charge in [-0.1, -0.05) is 13.8 Å². The summed E-state index contributed by atoms with van der Waals surface area (Å²) in [6, 6.07) is 1.54. The number of fused-ring (bicyclic) bond motifs is 1. The zero-order valence-electron chi connectivity index (χ0n) is 14.0. The van der Waals surface area contributed by atoms with Gasteiger partial charge in [-0.2, -0.15) is 0 Å². The minimum Gasteiger partial charge on any atom is -0.338 e. The van der Waals surface area contributed by atoms with Crippen LogP contribution in [-0.4, -0.2) is 44.5 Å². The monoisotopic (exact) mass is 331 g/mol. The lowest BCUT2D eigenvalue weighted by Gasteiger charge is -2.42. The molecule has 1 aliphatic rings. The lowest BCUT2D eigenvalue weighted by molar-refractivity contribution is 0.0533. The molecule has 0 bridgehead atoms. The molecule has 8 nitrogen and oxygen atoms in total. The Labute approximate surface area is 138 Å². The summed E-state index contributed by atoms with van der Waals surface area (Å²) in [6.45, 7) is 5.20. The highest BCUT2D eigenvalue weighted by Gasteiger charge is 2.35.